The minimum atomic E-state index is -0.222. The van der Waals surface area contributed by atoms with Crippen LogP contribution < -0.4 is 14.8 Å². The minimum Gasteiger partial charge on any atom is -0.493 e. The number of likely N-dealkylation sites (tertiary alicyclic amines) is 1. The fraction of sp³-hybridized carbons (Fsp3) is 0.368. The zero-order chi connectivity index (χ0) is 18.5. The number of piperidine rings is 1. The van der Waals surface area contributed by atoms with E-state index in [4.69, 9.17) is 9.47 Å². The first-order valence-corrected chi connectivity index (χ1v) is 9.36. The van der Waals surface area contributed by atoms with Crippen LogP contribution in [0.1, 0.15) is 22.5 Å². The van der Waals surface area contributed by atoms with E-state index in [2.05, 4.69) is 5.32 Å². The monoisotopic (exact) mass is 374 g/mol. The number of nitrogens with one attached hydrogen (secondary N) is 1. The molecule has 0 radical (unpaired) electrons. The highest BCUT2D eigenvalue weighted by Crippen LogP contribution is 2.30. The molecule has 2 heterocycles. The van der Waals surface area contributed by atoms with Crippen molar-refractivity contribution in [2.75, 3.05) is 32.6 Å². The van der Waals surface area contributed by atoms with E-state index in [-0.39, 0.29) is 17.7 Å². The molecule has 1 saturated heterocycles. The summed E-state index contributed by atoms with van der Waals surface area (Å²) in [5, 5.41) is 4.81. The van der Waals surface area contributed by atoms with Crippen molar-refractivity contribution in [3.63, 3.8) is 0 Å². The number of benzene rings is 1. The highest BCUT2D eigenvalue weighted by atomic mass is 32.1. The van der Waals surface area contributed by atoms with Crippen LogP contribution in [0.25, 0.3) is 0 Å². The highest BCUT2D eigenvalue weighted by molar-refractivity contribution is 7.12. The van der Waals surface area contributed by atoms with Gasteiger partial charge in [-0.2, -0.15) is 0 Å². The van der Waals surface area contributed by atoms with E-state index >= 15 is 0 Å². The number of carbonyl (C=O) groups is 2. The molecule has 138 valence electrons. The van der Waals surface area contributed by atoms with Crippen LogP contribution in [0.15, 0.2) is 35.7 Å². The normalized spacial score (nSPS) is 16.8. The van der Waals surface area contributed by atoms with E-state index in [0.29, 0.717) is 35.2 Å². The Bertz CT molecular complexity index is 776. The fourth-order valence-corrected chi connectivity index (χ4v) is 3.78. The van der Waals surface area contributed by atoms with Crippen LogP contribution in [-0.4, -0.2) is 44.0 Å². The van der Waals surface area contributed by atoms with Gasteiger partial charge in [-0.05, 0) is 36.4 Å². The van der Waals surface area contributed by atoms with Crippen molar-refractivity contribution < 1.29 is 19.1 Å². The van der Waals surface area contributed by atoms with E-state index < -0.39 is 0 Å². The molecule has 0 bridgehead atoms. The maximum atomic E-state index is 12.7. The Morgan fingerprint density at radius 3 is 2.69 bits per heavy atom. The van der Waals surface area contributed by atoms with Crippen molar-refractivity contribution in [3.8, 4) is 11.5 Å². The topological polar surface area (TPSA) is 67.9 Å². The molecule has 2 amide bonds. The third-order valence-electron chi connectivity index (χ3n) is 4.46. The van der Waals surface area contributed by atoms with Gasteiger partial charge in [0, 0.05) is 24.8 Å². The Morgan fingerprint density at radius 1 is 1.19 bits per heavy atom. The number of methoxy groups -OCH3 is 2. The third-order valence-corrected chi connectivity index (χ3v) is 5.32. The van der Waals surface area contributed by atoms with Crippen LogP contribution in [0.4, 0.5) is 5.69 Å². The summed E-state index contributed by atoms with van der Waals surface area (Å²) in [4.78, 5) is 27.7. The van der Waals surface area contributed by atoms with E-state index in [1.165, 1.54) is 11.3 Å². The molecule has 1 atom stereocenters. The summed E-state index contributed by atoms with van der Waals surface area (Å²) in [6.45, 7) is 1.13. The van der Waals surface area contributed by atoms with Crippen LogP contribution in [0.3, 0.4) is 0 Å². The molecule has 1 aliphatic heterocycles. The molecule has 0 unspecified atom stereocenters. The van der Waals surface area contributed by atoms with Crippen LogP contribution >= 0.6 is 11.3 Å². The third kappa shape index (κ3) is 3.99. The van der Waals surface area contributed by atoms with E-state index in [9.17, 15) is 9.59 Å². The lowest BCUT2D eigenvalue weighted by molar-refractivity contribution is -0.121. The van der Waals surface area contributed by atoms with E-state index in [0.717, 1.165) is 12.8 Å². The second-order valence-corrected chi connectivity index (χ2v) is 7.07. The van der Waals surface area contributed by atoms with E-state index in [1.54, 1.807) is 37.3 Å². The van der Waals surface area contributed by atoms with Gasteiger partial charge in [0.25, 0.3) is 5.91 Å². The van der Waals surface area contributed by atoms with Crippen LogP contribution in [0.2, 0.25) is 0 Å². The van der Waals surface area contributed by atoms with Crippen molar-refractivity contribution >= 4 is 28.8 Å². The predicted octanol–water partition coefficient (Wildman–Crippen LogP) is 3.26. The van der Waals surface area contributed by atoms with Gasteiger partial charge in [0.15, 0.2) is 11.5 Å². The molecule has 1 aromatic heterocycles. The lowest BCUT2D eigenvalue weighted by atomic mass is 9.97. The Morgan fingerprint density at radius 2 is 2.00 bits per heavy atom. The van der Waals surface area contributed by atoms with Gasteiger partial charge in [0.2, 0.25) is 5.91 Å². The minimum absolute atomic E-state index is 0.00335. The highest BCUT2D eigenvalue weighted by Gasteiger charge is 2.29. The molecular weight excluding hydrogens is 352 g/mol. The van der Waals surface area contributed by atoms with Gasteiger partial charge < -0.3 is 19.7 Å². The molecule has 1 aliphatic rings. The number of amides is 2. The number of anilines is 1. The van der Waals surface area contributed by atoms with Crippen molar-refractivity contribution in [3.05, 3.63) is 40.6 Å². The van der Waals surface area contributed by atoms with Gasteiger partial charge in [0.05, 0.1) is 25.0 Å². The summed E-state index contributed by atoms with van der Waals surface area (Å²) in [5.41, 5.74) is 0.648. The van der Waals surface area contributed by atoms with Crippen LogP contribution in [0.5, 0.6) is 11.5 Å². The SMILES string of the molecule is COc1ccc(NC(=O)[C@H]2CCCN(C(=O)c3cccs3)C2)cc1OC. The molecule has 1 aromatic carbocycles. The summed E-state index contributed by atoms with van der Waals surface area (Å²) in [6, 6.07) is 8.94. The molecule has 0 aliphatic carbocycles. The Hall–Kier alpha value is -2.54. The average molecular weight is 374 g/mol. The standard InChI is InChI=1S/C19H22N2O4S/c1-24-15-8-7-14(11-16(15)25-2)20-18(22)13-5-3-9-21(12-13)19(23)17-6-4-10-26-17/h4,6-8,10-11,13H,3,5,9,12H2,1-2H3,(H,20,22)/t13-/m0/s1. The van der Waals surface area contributed by atoms with Gasteiger partial charge in [-0.3, -0.25) is 9.59 Å². The summed E-state index contributed by atoms with van der Waals surface area (Å²) in [7, 11) is 3.12. The maximum absolute atomic E-state index is 12.7. The molecule has 7 heteroatoms. The number of rotatable bonds is 5. The summed E-state index contributed by atoms with van der Waals surface area (Å²) >= 11 is 1.43. The molecular formula is C19H22N2O4S. The van der Waals surface area contributed by atoms with Gasteiger partial charge in [-0.1, -0.05) is 6.07 Å². The fourth-order valence-electron chi connectivity index (χ4n) is 3.09. The van der Waals surface area contributed by atoms with Crippen molar-refractivity contribution in [1.82, 2.24) is 4.90 Å². The van der Waals surface area contributed by atoms with Gasteiger partial charge in [-0.15, -0.1) is 11.3 Å². The Kier molecular flexibility index (Phi) is 5.78. The Labute approximate surface area is 156 Å². The molecule has 1 fully saturated rings. The van der Waals surface area contributed by atoms with Crippen LogP contribution in [-0.2, 0) is 4.79 Å². The molecule has 26 heavy (non-hydrogen) atoms. The zero-order valence-electron chi connectivity index (χ0n) is 14.9. The average Bonchev–Trinajstić information content (AvgIpc) is 3.22. The molecule has 6 nitrogen and oxygen atoms in total. The Balaban J connectivity index is 1.65. The van der Waals surface area contributed by atoms with Crippen molar-refractivity contribution in [1.29, 1.82) is 0 Å². The summed E-state index contributed by atoms with van der Waals surface area (Å²) < 4.78 is 10.5. The predicted molar refractivity (Wildman–Crippen MR) is 101 cm³/mol. The number of carbonyl (C=O) groups excluding carboxylic acids is 2. The van der Waals surface area contributed by atoms with Gasteiger partial charge in [-0.25, -0.2) is 0 Å². The number of thiophene rings is 1. The summed E-state index contributed by atoms with van der Waals surface area (Å²) in [5.74, 6) is 0.865. The number of hydrogen-bond acceptors (Lipinski definition) is 5. The maximum Gasteiger partial charge on any atom is 0.263 e. The quantitative estimate of drug-likeness (QED) is 0.872. The number of ether oxygens (including phenoxy) is 2. The molecule has 3 rings (SSSR count). The molecule has 0 spiro atoms. The molecule has 0 saturated carbocycles. The molecule has 2 aromatic rings. The first-order valence-electron chi connectivity index (χ1n) is 8.48. The summed E-state index contributed by atoms with van der Waals surface area (Å²) in [6.07, 6.45) is 1.59. The van der Waals surface area contributed by atoms with Crippen molar-refractivity contribution in [2.24, 2.45) is 5.92 Å². The first-order chi connectivity index (χ1) is 12.6. The lowest BCUT2D eigenvalue weighted by Gasteiger charge is -2.31. The van der Waals surface area contributed by atoms with Gasteiger partial charge >= 0.3 is 0 Å². The second-order valence-electron chi connectivity index (χ2n) is 6.13. The largest absolute Gasteiger partial charge is 0.493 e. The van der Waals surface area contributed by atoms with Crippen molar-refractivity contribution in [2.45, 2.75) is 12.8 Å². The zero-order valence-corrected chi connectivity index (χ0v) is 15.7. The van der Waals surface area contributed by atoms with E-state index in [1.807, 2.05) is 17.5 Å². The second kappa shape index (κ2) is 8.23. The molecule has 1 N–H and O–H groups in total. The lowest BCUT2D eigenvalue weighted by Crippen LogP contribution is -2.43. The smallest absolute Gasteiger partial charge is 0.263 e. The number of hydrogen-bond donors (Lipinski definition) is 1. The van der Waals surface area contributed by atoms with Gasteiger partial charge in [0.1, 0.15) is 0 Å². The number of nitrogens with zero attached hydrogens (tertiary/aromatic N) is 1. The van der Waals surface area contributed by atoms with Crippen LogP contribution in [0, 0.1) is 5.92 Å². The first kappa shape index (κ1) is 18.3.